The number of nitrogens with zero attached hydrogens (tertiary/aromatic N) is 2. The first-order valence-corrected chi connectivity index (χ1v) is 5.96. The summed E-state index contributed by atoms with van der Waals surface area (Å²) in [5.41, 5.74) is 0.288. The van der Waals surface area contributed by atoms with Crippen molar-refractivity contribution in [2.24, 2.45) is 0 Å². The minimum atomic E-state index is -0.586. The molecule has 0 aromatic carbocycles. The van der Waals surface area contributed by atoms with E-state index in [2.05, 4.69) is 4.98 Å². The van der Waals surface area contributed by atoms with E-state index < -0.39 is 5.97 Å². The molecule has 0 bridgehead atoms. The molecule has 1 aromatic heterocycles. The van der Waals surface area contributed by atoms with Gasteiger partial charge in [-0.25, -0.2) is 9.78 Å². The smallest absolute Gasteiger partial charge is 0.357 e. The molecular formula is C14H18N2O3. The molecule has 1 rings (SSSR count). The quantitative estimate of drug-likeness (QED) is 0.461. The minimum Gasteiger partial charge on any atom is -0.458 e. The van der Waals surface area contributed by atoms with E-state index in [0.29, 0.717) is 0 Å². The van der Waals surface area contributed by atoms with Gasteiger partial charge < -0.3 is 9.64 Å². The Morgan fingerprint density at radius 1 is 1.37 bits per heavy atom. The maximum Gasteiger partial charge on any atom is 0.357 e. The number of hydrogen-bond donors (Lipinski definition) is 0. The molecule has 0 saturated carbocycles. The van der Waals surface area contributed by atoms with Crippen LogP contribution in [0.2, 0.25) is 0 Å². The second-order valence-corrected chi connectivity index (χ2v) is 4.50. The summed E-state index contributed by atoms with van der Waals surface area (Å²) in [7, 11) is 3.61. The molecule has 102 valence electrons. The molecular weight excluding hydrogens is 244 g/mol. The predicted molar refractivity (Wildman–Crippen MR) is 71.9 cm³/mol. The molecule has 0 unspecified atom stereocenters. The molecule has 0 radical (unpaired) electrons. The molecule has 0 aliphatic carbocycles. The summed E-state index contributed by atoms with van der Waals surface area (Å²) in [4.78, 5) is 29.5. The second-order valence-electron chi connectivity index (χ2n) is 4.50. The number of esters is 1. The monoisotopic (exact) mass is 262 g/mol. The van der Waals surface area contributed by atoms with Crippen LogP contribution in [0.3, 0.4) is 0 Å². The predicted octanol–water partition coefficient (Wildman–Crippen LogP) is 1.90. The van der Waals surface area contributed by atoms with Gasteiger partial charge in [0.1, 0.15) is 0 Å². The molecule has 5 heteroatoms. The number of allylic oxidation sites excluding steroid dienone is 1. The van der Waals surface area contributed by atoms with Crippen LogP contribution in [-0.2, 0) is 4.74 Å². The number of rotatable bonds is 5. The van der Waals surface area contributed by atoms with E-state index in [1.54, 1.807) is 51.2 Å². The van der Waals surface area contributed by atoms with E-state index in [-0.39, 0.29) is 23.1 Å². The standard InChI is InChI=1S/C14H18N2O3/c1-10(2)19-14(18)13-11(6-5-8-15-13)12(17)7-9-16(3)4/h5-10H,1-4H3. The molecule has 1 heterocycles. The average molecular weight is 262 g/mol. The van der Waals surface area contributed by atoms with E-state index in [1.165, 1.54) is 12.3 Å². The van der Waals surface area contributed by atoms with Crippen molar-refractivity contribution in [3.8, 4) is 0 Å². The molecule has 1 aromatic rings. The first-order chi connectivity index (χ1) is 8.91. The molecule has 19 heavy (non-hydrogen) atoms. The molecule has 0 N–H and O–H groups in total. The fourth-order valence-corrected chi connectivity index (χ4v) is 1.34. The van der Waals surface area contributed by atoms with Crippen LogP contribution in [0.25, 0.3) is 0 Å². The van der Waals surface area contributed by atoms with Crippen LogP contribution in [0, 0.1) is 0 Å². The molecule has 0 aliphatic heterocycles. The Hall–Kier alpha value is -2.17. The zero-order chi connectivity index (χ0) is 14.4. The highest BCUT2D eigenvalue weighted by molar-refractivity contribution is 6.10. The Bertz CT molecular complexity index is 493. The average Bonchev–Trinajstić information content (AvgIpc) is 2.35. The van der Waals surface area contributed by atoms with E-state index in [4.69, 9.17) is 4.74 Å². The van der Waals surface area contributed by atoms with Crippen molar-refractivity contribution in [2.75, 3.05) is 14.1 Å². The highest BCUT2D eigenvalue weighted by Gasteiger charge is 2.18. The maximum absolute atomic E-state index is 12.0. The van der Waals surface area contributed by atoms with Crippen molar-refractivity contribution in [1.29, 1.82) is 0 Å². The van der Waals surface area contributed by atoms with Crippen molar-refractivity contribution in [3.63, 3.8) is 0 Å². The molecule has 0 amide bonds. The summed E-state index contributed by atoms with van der Waals surface area (Å²) in [5.74, 6) is -0.866. The summed E-state index contributed by atoms with van der Waals surface area (Å²) >= 11 is 0. The Labute approximate surface area is 112 Å². The Kier molecular flexibility index (Phi) is 5.23. The topological polar surface area (TPSA) is 59.5 Å². The van der Waals surface area contributed by atoms with E-state index in [0.717, 1.165) is 0 Å². The van der Waals surface area contributed by atoms with Gasteiger partial charge in [-0.2, -0.15) is 0 Å². The van der Waals surface area contributed by atoms with Crippen molar-refractivity contribution in [2.45, 2.75) is 20.0 Å². The summed E-state index contributed by atoms with van der Waals surface area (Å²) < 4.78 is 5.06. The number of carbonyl (C=O) groups excluding carboxylic acids is 2. The number of ketones is 1. The fourth-order valence-electron chi connectivity index (χ4n) is 1.34. The molecule has 0 fully saturated rings. The van der Waals surface area contributed by atoms with E-state index in [9.17, 15) is 9.59 Å². The Morgan fingerprint density at radius 2 is 2.05 bits per heavy atom. The fraction of sp³-hybridized carbons (Fsp3) is 0.357. The van der Waals surface area contributed by atoms with Crippen molar-refractivity contribution < 1.29 is 14.3 Å². The van der Waals surface area contributed by atoms with Gasteiger partial charge >= 0.3 is 5.97 Å². The van der Waals surface area contributed by atoms with Gasteiger partial charge in [-0.3, -0.25) is 4.79 Å². The first kappa shape index (κ1) is 14.9. The minimum absolute atomic E-state index is 0.0459. The maximum atomic E-state index is 12.0. The largest absolute Gasteiger partial charge is 0.458 e. The van der Waals surface area contributed by atoms with Crippen LogP contribution in [0.4, 0.5) is 0 Å². The lowest BCUT2D eigenvalue weighted by molar-refractivity contribution is 0.0368. The second kappa shape index (κ2) is 6.68. The lowest BCUT2D eigenvalue weighted by Crippen LogP contribution is -2.17. The molecule has 0 atom stereocenters. The summed E-state index contributed by atoms with van der Waals surface area (Å²) in [5, 5.41) is 0. The van der Waals surface area contributed by atoms with Crippen LogP contribution >= 0.6 is 0 Å². The van der Waals surface area contributed by atoms with E-state index >= 15 is 0 Å². The third-order valence-corrected chi connectivity index (χ3v) is 2.13. The number of carbonyl (C=O) groups is 2. The van der Waals surface area contributed by atoms with Crippen LogP contribution in [-0.4, -0.2) is 41.8 Å². The molecule has 5 nitrogen and oxygen atoms in total. The summed E-state index contributed by atoms with van der Waals surface area (Å²) in [6.07, 6.45) is 4.22. The SMILES string of the molecule is CC(C)OC(=O)c1ncccc1C(=O)C=CN(C)C. The van der Waals surface area contributed by atoms with Crippen LogP contribution in [0.1, 0.15) is 34.7 Å². The van der Waals surface area contributed by atoms with Gasteiger partial charge in [0.15, 0.2) is 11.5 Å². The van der Waals surface area contributed by atoms with Gasteiger partial charge in [-0.05, 0) is 26.0 Å². The van der Waals surface area contributed by atoms with Crippen LogP contribution in [0.5, 0.6) is 0 Å². The van der Waals surface area contributed by atoms with Crippen molar-refractivity contribution in [3.05, 3.63) is 41.9 Å². The summed E-state index contributed by atoms with van der Waals surface area (Å²) in [6, 6.07) is 3.18. The van der Waals surface area contributed by atoms with Gasteiger partial charge in [-0.15, -0.1) is 0 Å². The zero-order valence-electron chi connectivity index (χ0n) is 11.6. The number of hydrogen-bond acceptors (Lipinski definition) is 5. The van der Waals surface area contributed by atoms with Crippen molar-refractivity contribution in [1.82, 2.24) is 9.88 Å². The lowest BCUT2D eigenvalue weighted by atomic mass is 10.1. The van der Waals surface area contributed by atoms with Gasteiger partial charge in [-0.1, -0.05) is 0 Å². The normalized spacial score (nSPS) is 10.8. The van der Waals surface area contributed by atoms with E-state index in [1.807, 2.05) is 0 Å². The van der Waals surface area contributed by atoms with Gasteiger partial charge in [0.25, 0.3) is 0 Å². The third-order valence-electron chi connectivity index (χ3n) is 2.13. The highest BCUT2D eigenvalue weighted by Crippen LogP contribution is 2.10. The van der Waals surface area contributed by atoms with Gasteiger partial charge in [0.05, 0.1) is 11.7 Å². The third kappa shape index (κ3) is 4.54. The van der Waals surface area contributed by atoms with Crippen LogP contribution < -0.4 is 0 Å². The number of ether oxygens (including phenoxy) is 1. The lowest BCUT2D eigenvalue weighted by Gasteiger charge is -2.09. The van der Waals surface area contributed by atoms with Gasteiger partial charge in [0.2, 0.25) is 0 Å². The first-order valence-electron chi connectivity index (χ1n) is 5.96. The van der Waals surface area contributed by atoms with Crippen molar-refractivity contribution >= 4 is 11.8 Å². The summed E-state index contributed by atoms with van der Waals surface area (Å²) in [6.45, 7) is 3.49. The highest BCUT2D eigenvalue weighted by atomic mass is 16.5. The molecule has 0 spiro atoms. The number of aromatic nitrogens is 1. The molecule has 0 aliphatic rings. The zero-order valence-corrected chi connectivity index (χ0v) is 11.6. The number of pyridine rings is 1. The molecule has 0 saturated heterocycles. The van der Waals surface area contributed by atoms with Crippen LogP contribution in [0.15, 0.2) is 30.6 Å². The van der Waals surface area contributed by atoms with Gasteiger partial charge in [0, 0.05) is 32.6 Å². The Morgan fingerprint density at radius 3 is 2.63 bits per heavy atom. The Balaban J connectivity index is 3.02.